The summed E-state index contributed by atoms with van der Waals surface area (Å²) in [7, 11) is 0. The van der Waals surface area contributed by atoms with Crippen LogP contribution in [0.1, 0.15) is 113 Å². The zero-order valence-corrected chi connectivity index (χ0v) is 45.6. The first-order valence-corrected chi connectivity index (χ1v) is 28.0. The van der Waals surface area contributed by atoms with Crippen molar-refractivity contribution in [3.8, 4) is 22.3 Å². The van der Waals surface area contributed by atoms with Crippen LogP contribution in [0.5, 0.6) is 0 Å². The van der Waals surface area contributed by atoms with Gasteiger partial charge < -0.3 is 14.1 Å². The van der Waals surface area contributed by atoms with Gasteiger partial charge in [-0.3, -0.25) is 0 Å². The van der Waals surface area contributed by atoms with E-state index in [1.54, 1.807) is 0 Å². The van der Waals surface area contributed by atoms with E-state index in [4.69, 9.17) is 4.42 Å². The summed E-state index contributed by atoms with van der Waals surface area (Å²) < 4.78 is 9.97. The van der Waals surface area contributed by atoms with Gasteiger partial charge in [-0.15, -0.1) is 11.3 Å². The summed E-state index contributed by atoms with van der Waals surface area (Å²) >= 11 is 1.89. The van der Waals surface area contributed by atoms with Crippen LogP contribution in [-0.4, -0.2) is 6.85 Å². The summed E-state index contributed by atoms with van der Waals surface area (Å²) in [6.07, 6.45) is 2.31. The van der Waals surface area contributed by atoms with Crippen molar-refractivity contribution in [3.63, 3.8) is 0 Å². The van der Waals surface area contributed by atoms with E-state index in [2.05, 4.69) is 243 Å². The molecule has 0 saturated carbocycles. The molecule has 366 valence electrons. The number of hydrogen-bond donors (Lipinski definition) is 0. The Morgan fingerprint density at radius 2 is 1.11 bits per heavy atom. The lowest BCUT2D eigenvalue weighted by Crippen LogP contribution is -2.62. The fraction of sp³-hybridized carbons (Fsp3) is 0.229. The third kappa shape index (κ3) is 6.05. The van der Waals surface area contributed by atoms with Crippen LogP contribution in [0.3, 0.4) is 0 Å². The minimum atomic E-state index is -0.275. The first-order chi connectivity index (χ1) is 36.0. The van der Waals surface area contributed by atoms with Crippen molar-refractivity contribution in [2.75, 3.05) is 9.71 Å². The van der Waals surface area contributed by atoms with Crippen molar-refractivity contribution in [2.45, 2.75) is 104 Å². The maximum Gasteiger partial charge on any atom is 0.333 e. The van der Waals surface area contributed by atoms with Gasteiger partial charge in [-0.05, 0) is 148 Å². The lowest BCUT2D eigenvalue weighted by Gasteiger charge is -2.49. The van der Waals surface area contributed by atoms with Crippen LogP contribution in [0.25, 0.3) is 64.4 Å². The Labute approximate surface area is 445 Å². The highest BCUT2D eigenvalue weighted by atomic mass is 32.1. The highest BCUT2D eigenvalue weighted by molar-refractivity contribution is 7.26. The molecule has 2 aliphatic carbocycles. The van der Waals surface area contributed by atoms with Gasteiger partial charge in [0.1, 0.15) is 11.2 Å². The van der Waals surface area contributed by atoms with Crippen LogP contribution in [-0.2, 0) is 21.7 Å². The third-order valence-electron chi connectivity index (χ3n) is 18.7. The van der Waals surface area contributed by atoms with Crippen LogP contribution in [0.4, 0.5) is 28.4 Å². The van der Waals surface area contributed by atoms with Gasteiger partial charge in [0.15, 0.2) is 0 Å². The number of furan rings is 1. The first kappa shape index (κ1) is 45.1. The molecule has 0 fully saturated rings. The van der Waals surface area contributed by atoms with Gasteiger partial charge in [0.25, 0.3) is 0 Å². The number of benzene rings is 9. The van der Waals surface area contributed by atoms with Crippen molar-refractivity contribution in [1.82, 2.24) is 0 Å². The van der Waals surface area contributed by atoms with Crippen molar-refractivity contribution in [2.24, 2.45) is 0 Å². The predicted octanol–water partition coefficient (Wildman–Crippen LogP) is 18.3. The zero-order chi connectivity index (χ0) is 51.2. The SMILES string of the molecule is Cc1ccc(N2B3c4cc5c(cc4N(c4cc6c(cc4C)C(C)(C)CCC6(C)C)c4cc6c(oc7ccccc76)c(c43)-c3c2ccc2sc4ccccc4c32)C(C)(C)c2ccccc2C5(C)C)c(-c2ccccc2)c1. The normalized spacial score (nSPS) is 17.2. The number of rotatable bonds is 3. The predicted molar refractivity (Wildman–Crippen MR) is 321 cm³/mol. The quantitative estimate of drug-likeness (QED) is 0.165. The standard InChI is InChI=1S/C70H61BN2OS/c1-40-28-29-54(45(34-40)42-20-12-11-13-21-42)73-55-30-31-61-62(44-23-15-19-27-60(44)75-61)63(55)64-65-58(36-46-43-22-14-18-26-59(43)74-66(46)64)72(56-38-50-49(35-41(56)2)67(3,4)32-33-68(50,5)6)57-39-52-51(37-53(57)71(65)73)69(7,8)47-24-16-17-25-48(47)70(52,9)10/h11-31,34-39H,32-33H2,1-10H3. The molecule has 15 rings (SSSR count). The molecule has 0 amide bonds. The Hall–Kier alpha value is -7.34. The van der Waals surface area contributed by atoms with E-state index in [-0.39, 0.29) is 28.5 Å². The summed E-state index contributed by atoms with van der Waals surface area (Å²) in [6.45, 7) is 24.1. The molecular weight excluding hydrogens is 928 g/mol. The lowest BCUT2D eigenvalue weighted by molar-refractivity contribution is 0.332. The van der Waals surface area contributed by atoms with Gasteiger partial charge in [0, 0.05) is 86.9 Å². The summed E-state index contributed by atoms with van der Waals surface area (Å²) in [4.78, 5) is 5.48. The van der Waals surface area contributed by atoms with Crippen LogP contribution in [0, 0.1) is 13.8 Å². The molecule has 75 heavy (non-hydrogen) atoms. The Balaban J connectivity index is 1.17. The lowest BCUT2D eigenvalue weighted by atomic mass is 9.42. The van der Waals surface area contributed by atoms with Crippen LogP contribution >= 0.6 is 11.3 Å². The largest absolute Gasteiger partial charge is 0.455 e. The van der Waals surface area contributed by atoms with Gasteiger partial charge in [-0.25, -0.2) is 0 Å². The third-order valence-corrected chi connectivity index (χ3v) is 19.9. The Kier molecular flexibility index (Phi) is 9.12. The monoisotopic (exact) mass is 988 g/mol. The molecule has 11 aromatic rings. The Bertz CT molecular complexity index is 4300. The van der Waals surface area contributed by atoms with Gasteiger partial charge >= 0.3 is 6.85 Å². The number of para-hydroxylation sites is 1. The Morgan fingerprint density at radius 3 is 1.85 bits per heavy atom. The first-order valence-electron chi connectivity index (χ1n) is 27.2. The average molecular weight is 989 g/mol. The van der Waals surface area contributed by atoms with Crippen molar-refractivity contribution in [1.29, 1.82) is 0 Å². The molecule has 0 N–H and O–H groups in total. The topological polar surface area (TPSA) is 19.6 Å². The zero-order valence-electron chi connectivity index (χ0n) is 44.8. The van der Waals surface area contributed by atoms with E-state index >= 15 is 0 Å². The summed E-state index contributed by atoms with van der Waals surface area (Å²) in [6, 6.07) is 63.1. The number of fused-ring (bicyclic) bond motifs is 15. The molecular formula is C70H61BN2OS. The van der Waals surface area contributed by atoms with Crippen LogP contribution < -0.4 is 20.6 Å². The minimum absolute atomic E-state index is 0.00477. The number of aryl methyl sites for hydroxylation is 2. The second-order valence-corrected chi connectivity index (χ2v) is 25.9. The smallest absolute Gasteiger partial charge is 0.333 e. The number of nitrogens with zero attached hydrogens (tertiary/aromatic N) is 2. The number of thiophene rings is 1. The number of anilines is 5. The summed E-state index contributed by atoms with van der Waals surface area (Å²) in [5.41, 5.74) is 26.0. The molecule has 2 aromatic heterocycles. The molecule has 0 unspecified atom stereocenters. The highest BCUT2D eigenvalue weighted by Crippen LogP contribution is 2.58. The summed E-state index contributed by atoms with van der Waals surface area (Å²) in [5, 5.41) is 4.85. The molecule has 9 aromatic carbocycles. The molecule has 3 nitrogen and oxygen atoms in total. The fourth-order valence-corrected chi connectivity index (χ4v) is 15.7. The van der Waals surface area contributed by atoms with Gasteiger partial charge in [0.05, 0.1) is 0 Å². The maximum atomic E-state index is 7.40. The second-order valence-electron chi connectivity index (χ2n) is 24.8. The molecule has 5 heteroatoms. The van der Waals surface area contributed by atoms with Gasteiger partial charge in [-0.2, -0.15) is 0 Å². The molecule has 4 heterocycles. The average Bonchev–Trinajstić information content (AvgIpc) is 3.99. The van der Waals surface area contributed by atoms with Crippen LogP contribution in [0.15, 0.2) is 168 Å². The minimum Gasteiger partial charge on any atom is -0.455 e. The second kappa shape index (κ2) is 15.2. The highest BCUT2D eigenvalue weighted by Gasteiger charge is 2.51. The fourth-order valence-electron chi connectivity index (χ4n) is 14.6. The van der Waals surface area contributed by atoms with Crippen molar-refractivity contribution < 1.29 is 4.42 Å². The van der Waals surface area contributed by atoms with E-state index in [9.17, 15) is 0 Å². The van der Waals surface area contributed by atoms with E-state index in [1.165, 1.54) is 133 Å². The van der Waals surface area contributed by atoms with E-state index in [0.717, 1.165) is 28.4 Å². The van der Waals surface area contributed by atoms with Crippen molar-refractivity contribution in [3.05, 3.63) is 208 Å². The Morgan fingerprint density at radius 1 is 0.480 bits per heavy atom. The van der Waals surface area contributed by atoms with Gasteiger partial charge in [0.2, 0.25) is 0 Å². The molecule has 0 bridgehead atoms. The van der Waals surface area contributed by atoms with E-state index in [0.29, 0.717) is 0 Å². The molecule has 2 aliphatic heterocycles. The van der Waals surface area contributed by atoms with E-state index < -0.39 is 0 Å². The molecule has 4 aliphatic rings. The number of hydrogen-bond acceptors (Lipinski definition) is 4. The molecule has 0 saturated heterocycles. The van der Waals surface area contributed by atoms with Gasteiger partial charge in [-0.1, -0.05) is 170 Å². The maximum absolute atomic E-state index is 7.40. The molecule has 0 radical (unpaired) electrons. The van der Waals surface area contributed by atoms with Crippen LogP contribution in [0.2, 0.25) is 0 Å². The summed E-state index contributed by atoms with van der Waals surface area (Å²) in [5.74, 6) is 0. The van der Waals surface area contributed by atoms with Crippen molar-refractivity contribution >= 4 is 99.7 Å². The molecule has 0 atom stereocenters. The van der Waals surface area contributed by atoms with E-state index in [1.807, 2.05) is 11.3 Å². The molecule has 0 spiro atoms.